The molecule has 0 radical (unpaired) electrons. The molecule has 0 aromatic carbocycles. The quantitative estimate of drug-likeness (QED) is 0.452. The fraction of sp³-hybridized carbons (Fsp3) is 0.857. The summed E-state index contributed by atoms with van der Waals surface area (Å²) in [6, 6.07) is 0. The normalized spacial score (nSPS) is 21.8. The first-order chi connectivity index (χ1) is 5.62. The molecule has 0 aliphatic carbocycles. The number of hydrogen-bond donors (Lipinski definition) is 3. The summed E-state index contributed by atoms with van der Waals surface area (Å²) in [4.78, 5) is 10.0. The van der Waals surface area contributed by atoms with Crippen molar-refractivity contribution < 1.29 is 15.0 Å². The second kappa shape index (κ2) is 3.73. The van der Waals surface area contributed by atoms with Crippen LogP contribution in [-0.2, 0) is 0 Å². The fourth-order valence-corrected chi connectivity index (χ4v) is 1.31. The van der Waals surface area contributed by atoms with E-state index in [0.717, 1.165) is 13.1 Å². The number of carbonyl (C=O) groups excluding carboxylic acids is 1. The molecule has 1 amide bonds. The zero-order chi connectivity index (χ0) is 9.03. The molecule has 5 heteroatoms. The molecule has 0 bridgehead atoms. The Hall–Kier alpha value is -0.810. The van der Waals surface area contributed by atoms with Gasteiger partial charge in [-0.2, -0.15) is 0 Å². The molecule has 3 N–H and O–H groups in total. The van der Waals surface area contributed by atoms with Crippen LogP contribution in [0, 0.1) is 0 Å². The summed E-state index contributed by atoms with van der Waals surface area (Å²) in [6.45, 7) is 1.52. The predicted molar refractivity (Wildman–Crippen MR) is 40.5 cm³/mol. The molecule has 12 heavy (non-hydrogen) atoms. The van der Waals surface area contributed by atoms with E-state index in [1.54, 1.807) is 0 Å². The summed E-state index contributed by atoms with van der Waals surface area (Å²) < 4.78 is 0. The topological polar surface area (TPSA) is 84.4 Å². The maximum absolute atomic E-state index is 10.0. The van der Waals surface area contributed by atoms with Crippen molar-refractivity contribution in [2.45, 2.75) is 18.4 Å². The maximum Gasteiger partial charge on any atom is 0.134 e. The number of hydrogen-bond acceptors (Lipinski definition) is 4. The number of amides is 1. The summed E-state index contributed by atoms with van der Waals surface area (Å²) in [5.41, 5.74) is -0.884. The lowest BCUT2D eigenvalue weighted by Gasteiger charge is -2.32. The van der Waals surface area contributed by atoms with Gasteiger partial charge in [0.1, 0.15) is 6.09 Å². The maximum atomic E-state index is 10.0. The van der Waals surface area contributed by atoms with E-state index >= 15 is 0 Å². The highest BCUT2D eigenvalue weighted by atomic mass is 16.4. The van der Waals surface area contributed by atoms with Crippen LogP contribution in [0.2, 0.25) is 0 Å². The third kappa shape index (κ3) is 2.67. The van der Waals surface area contributed by atoms with Crippen LogP contribution in [0.3, 0.4) is 0 Å². The average Bonchev–Trinajstić information content (AvgIpc) is 2.03. The Morgan fingerprint density at radius 2 is 2.17 bits per heavy atom. The molecule has 1 aliphatic rings. The molecule has 0 saturated carbocycles. The Kier molecular flexibility index (Phi) is 2.88. The fourth-order valence-electron chi connectivity index (χ4n) is 1.31. The van der Waals surface area contributed by atoms with E-state index in [1.807, 2.05) is 0 Å². The number of piperidine rings is 1. The molecule has 0 spiro atoms. The van der Waals surface area contributed by atoms with Crippen LogP contribution in [0.15, 0.2) is 0 Å². The zero-order valence-electron chi connectivity index (χ0n) is 6.80. The molecule has 1 rings (SSSR count). The molecule has 1 fully saturated rings. The van der Waals surface area contributed by atoms with Gasteiger partial charge in [0.05, 0.1) is 5.60 Å². The van der Waals surface area contributed by atoms with E-state index in [2.05, 4.69) is 10.6 Å². The highest BCUT2D eigenvalue weighted by molar-refractivity contribution is 5.61. The minimum absolute atomic E-state index is 0.0665. The van der Waals surface area contributed by atoms with Crippen molar-refractivity contribution >= 4 is 6.09 Å². The van der Waals surface area contributed by atoms with Gasteiger partial charge in [-0.05, 0) is 25.9 Å². The minimum Gasteiger partial charge on any atom is -0.530 e. The lowest BCUT2D eigenvalue weighted by Crippen LogP contribution is -2.51. The molecule has 0 atom stereocenters. The van der Waals surface area contributed by atoms with E-state index in [0.29, 0.717) is 12.8 Å². The van der Waals surface area contributed by atoms with Gasteiger partial charge in [-0.1, -0.05) is 0 Å². The second-order valence-corrected chi connectivity index (χ2v) is 3.12. The van der Waals surface area contributed by atoms with Crippen LogP contribution < -0.4 is 15.7 Å². The van der Waals surface area contributed by atoms with E-state index in [-0.39, 0.29) is 6.54 Å². The molecule has 0 unspecified atom stereocenters. The van der Waals surface area contributed by atoms with E-state index in [4.69, 9.17) is 0 Å². The van der Waals surface area contributed by atoms with Crippen LogP contribution in [0.5, 0.6) is 0 Å². The molecule has 1 saturated heterocycles. The first-order valence-electron chi connectivity index (χ1n) is 4.00. The largest absolute Gasteiger partial charge is 0.530 e. The van der Waals surface area contributed by atoms with Gasteiger partial charge in [0.25, 0.3) is 0 Å². The SMILES string of the molecule is O=C([O-])NCC1(O)CCNCC1. The molecule has 70 valence electrons. The van der Waals surface area contributed by atoms with Gasteiger partial charge in [-0.15, -0.1) is 0 Å². The van der Waals surface area contributed by atoms with Gasteiger partial charge in [0.2, 0.25) is 0 Å². The standard InChI is InChI=1S/C7H14N2O3/c10-6(11)9-5-7(12)1-3-8-4-2-7/h8-9,12H,1-5H2,(H,10,11)/p-1. The zero-order valence-corrected chi connectivity index (χ0v) is 6.80. The molecular formula is C7H13N2O3-. The highest BCUT2D eigenvalue weighted by Crippen LogP contribution is 2.16. The summed E-state index contributed by atoms with van der Waals surface area (Å²) in [5, 5.41) is 24.9. The minimum atomic E-state index is -1.33. The predicted octanol–water partition coefficient (Wildman–Crippen LogP) is -1.97. The number of nitrogens with one attached hydrogen (secondary N) is 2. The monoisotopic (exact) mass is 173 g/mol. The van der Waals surface area contributed by atoms with Crippen molar-refractivity contribution in [1.82, 2.24) is 10.6 Å². The first kappa shape index (κ1) is 9.28. The smallest absolute Gasteiger partial charge is 0.134 e. The number of aliphatic hydroxyl groups is 1. The molecular weight excluding hydrogens is 160 g/mol. The van der Waals surface area contributed by atoms with Crippen molar-refractivity contribution in [2.75, 3.05) is 19.6 Å². The Balaban J connectivity index is 2.31. The number of carboxylic acid groups (broad SMARTS) is 1. The van der Waals surface area contributed by atoms with Gasteiger partial charge >= 0.3 is 0 Å². The van der Waals surface area contributed by atoms with Crippen LogP contribution in [0.1, 0.15) is 12.8 Å². The van der Waals surface area contributed by atoms with Gasteiger partial charge in [0, 0.05) is 6.54 Å². The number of carbonyl (C=O) groups is 1. The first-order valence-corrected chi connectivity index (χ1v) is 4.00. The van der Waals surface area contributed by atoms with Crippen molar-refractivity contribution in [3.05, 3.63) is 0 Å². The van der Waals surface area contributed by atoms with Gasteiger partial charge < -0.3 is 25.6 Å². The van der Waals surface area contributed by atoms with Crippen LogP contribution in [0.4, 0.5) is 4.79 Å². The van der Waals surface area contributed by atoms with Crippen molar-refractivity contribution in [1.29, 1.82) is 0 Å². The Labute approximate surface area is 70.8 Å². The second-order valence-electron chi connectivity index (χ2n) is 3.12. The van der Waals surface area contributed by atoms with Crippen molar-refractivity contribution in [2.24, 2.45) is 0 Å². The van der Waals surface area contributed by atoms with Gasteiger partial charge in [0.15, 0.2) is 0 Å². The van der Waals surface area contributed by atoms with E-state index in [9.17, 15) is 15.0 Å². The Morgan fingerprint density at radius 1 is 1.58 bits per heavy atom. The number of rotatable bonds is 2. The lowest BCUT2D eigenvalue weighted by molar-refractivity contribution is -0.251. The Morgan fingerprint density at radius 3 is 2.67 bits per heavy atom. The highest BCUT2D eigenvalue weighted by Gasteiger charge is 2.28. The molecule has 1 heterocycles. The Bertz CT molecular complexity index is 166. The third-order valence-electron chi connectivity index (χ3n) is 2.10. The van der Waals surface area contributed by atoms with Gasteiger partial charge in [-0.3, -0.25) is 0 Å². The molecule has 0 aromatic heterocycles. The lowest BCUT2D eigenvalue weighted by atomic mass is 9.92. The summed E-state index contributed by atoms with van der Waals surface area (Å²) >= 11 is 0. The summed E-state index contributed by atoms with van der Waals surface area (Å²) in [7, 11) is 0. The summed E-state index contributed by atoms with van der Waals surface area (Å²) in [6.07, 6.45) is -0.178. The molecule has 0 aromatic rings. The van der Waals surface area contributed by atoms with Crippen molar-refractivity contribution in [3.8, 4) is 0 Å². The summed E-state index contributed by atoms with van der Waals surface area (Å²) in [5.74, 6) is 0. The van der Waals surface area contributed by atoms with E-state index in [1.165, 1.54) is 0 Å². The van der Waals surface area contributed by atoms with Crippen LogP contribution in [-0.4, -0.2) is 36.4 Å². The average molecular weight is 173 g/mol. The molecule has 1 aliphatic heterocycles. The van der Waals surface area contributed by atoms with Crippen LogP contribution in [0.25, 0.3) is 0 Å². The molecule has 5 nitrogen and oxygen atoms in total. The van der Waals surface area contributed by atoms with Gasteiger partial charge in [-0.25, -0.2) is 0 Å². The van der Waals surface area contributed by atoms with E-state index < -0.39 is 11.7 Å². The third-order valence-corrected chi connectivity index (χ3v) is 2.10. The van der Waals surface area contributed by atoms with Crippen molar-refractivity contribution in [3.63, 3.8) is 0 Å². The van der Waals surface area contributed by atoms with Crippen LogP contribution >= 0.6 is 0 Å².